The van der Waals surface area contributed by atoms with Gasteiger partial charge in [-0.3, -0.25) is 14.7 Å². The van der Waals surface area contributed by atoms with Gasteiger partial charge < -0.3 is 16.0 Å². The summed E-state index contributed by atoms with van der Waals surface area (Å²) in [6.45, 7) is 3.65. The van der Waals surface area contributed by atoms with E-state index in [9.17, 15) is 18.0 Å². The lowest BCUT2D eigenvalue weighted by molar-refractivity contribution is 0.0769. The highest BCUT2D eigenvalue weighted by atomic mass is 19.3. The van der Waals surface area contributed by atoms with Crippen LogP contribution < -0.4 is 16.0 Å². The Labute approximate surface area is 242 Å². The summed E-state index contributed by atoms with van der Waals surface area (Å²) in [6, 6.07) is 11.3. The van der Waals surface area contributed by atoms with Crippen molar-refractivity contribution in [1.82, 2.24) is 30.2 Å². The van der Waals surface area contributed by atoms with E-state index in [1.54, 1.807) is 23.2 Å². The van der Waals surface area contributed by atoms with Gasteiger partial charge in [-0.05, 0) is 30.5 Å². The van der Waals surface area contributed by atoms with Crippen molar-refractivity contribution in [1.29, 1.82) is 0 Å². The maximum atomic E-state index is 14.4. The molecule has 3 aromatic heterocycles. The lowest BCUT2D eigenvalue weighted by Gasteiger charge is -2.32. The first kappa shape index (κ1) is 29.2. The fourth-order valence-corrected chi connectivity index (χ4v) is 5.25. The van der Waals surface area contributed by atoms with Gasteiger partial charge in [0.1, 0.15) is 18.0 Å². The summed E-state index contributed by atoms with van der Waals surface area (Å²) in [6.07, 6.45) is 3.59. The normalized spacial score (nSPS) is 15.1. The largest absolute Gasteiger partial charge is 0.369 e. The minimum Gasteiger partial charge on any atom is -0.369 e. The van der Waals surface area contributed by atoms with Crippen LogP contribution in [0.25, 0.3) is 22.2 Å². The summed E-state index contributed by atoms with van der Waals surface area (Å²) in [5.74, 6) is 0.175. The first-order valence-corrected chi connectivity index (χ1v) is 13.9. The summed E-state index contributed by atoms with van der Waals surface area (Å²) in [5.41, 5.74) is 2.97. The number of fused-ring (bicyclic) bond motifs is 1. The highest BCUT2D eigenvalue weighted by molar-refractivity contribution is 6.06. The molecule has 1 saturated heterocycles. The standard InChI is InChI=1S/C30H33F3N8O/c1-18(21-4-3-5-22-28(30(42)34-2)23(31)15-37-29(21)22)13-35-27-12-24(38-17-39-27)19-6-7-26(36-14-19)40-20-8-10-41(11-9-20)16-25(32)33/h3-7,12,14-15,17-18,20,25H,8-11,13,16H2,1-2H3,(H,34,42)(H,36,40)(H,35,38,39)/t18-/m1/s1. The van der Waals surface area contributed by atoms with Crippen molar-refractivity contribution >= 4 is 28.4 Å². The van der Waals surface area contributed by atoms with Crippen molar-refractivity contribution < 1.29 is 18.0 Å². The number of nitrogens with zero attached hydrogens (tertiary/aromatic N) is 5. The average Bonchev–Trinajstić information content (AvgIpc) is 3.00. The van der Waals surface area contributed by atoms with Crippen molar-refractivity contribution in [2.75, 3.05) is 43.9 Å². The molecular weight excluding hydrogens is 545 g/mol. The number of halogens is 3. The van der Waals surface area contributed by atoms with Crippen molar-refractivity contribution in [3.63, 3.8) is 0 Å². The van der Waals surface area contributed by atoms with Gasteiger partial charge >= 0.3 is 0 Å². The number of alkyl halides is 2. The van der Waals surface area contributed by atoms with Crippen molar-refractivity contribution in [3.05, 3.63) is 72.1 Å². The number of rotatable bonds is 10. The maximum absolute atomic E-state index is 14.4. The first-order valence-electron chi connectivity index (χ1n) is 13.9. The predicted octanol–water partition coefficient (Wildman–Crippen LogP) is 4.94. The van der Waals surface area contributed by atoms with Crippen molar-refractivity contribution in [2.45, 2.75) is 38.2 Å². The third-order valence-electron chi connectivity index (χ3n) is 7.52. The zero-order chi connectivity index (χ0) is 29.6. The number of carbonyl (C=O) groups is 1. The van der Waals surface area contributed by atoms with Gasteiger partial charge in [-0.25, -0.2) is 28.1 Å². The van der Waals surface area contributed by atoms with E-state index in [1.165, 1.54) is 13.4 Å². The number of benzene rings is 1. The molecule has 220 valence electrons. The van der Waals surface area contributed by atoms with Crippen LogP contribution in [-0.4, -0.2) is 76.4 Å². The molecule has 0 saturated carbocycles. The van der Waals surface area contributed by atoms with Crippen LogP contribution in [0.3, 0.4) is 0 Å². The Balaban J connectivity index is 1.22. The summed E-state index contributed by atoms with van der Waals surface area (Å²) < 4.78 is 39.7. The molecule has 4 aromatic rings. The molecule has 1 atom stereocenters. The van der Waals surface area contributed by atoms with Gasteiger partial charge in [0.2, 0.25) is 0 Å². The van der Waals surface area contributed by atoms with Crippen LogP contribution in [0.5, 0.6) is 0 Å². The summed E-state index contributed by atoms with van der Waals surface area (Å²) in [7, 11) is 1.47. The number of likely N-dealkylation sites (tertiary alicyclic amines) is 1. The van der Waals surface area contributed by atoms with Crippen molar-refractivity contribution in [3.8, 4) is 11.3 Å². The number of nitrogens with one attached hydrogen (secondary N) is 3. The van der Waals surface area contributed by atoms with E-state index in [-0.39, 0.29) is 24.1 Å². The molecule has 1 aromatic carbocycles. The van der Waals surface area contributed by atoms with Crippen LogP contribution in [0.4, 0.5) is 24.8 Å². The van der Waals surface area contributed by atoms with Crippen LogP contribution in [-0.2, 0) is 0 Å². The number of pyridine rings is 2. The van der Waals surface area contributed by atoms with E-state index in [2.05, 4.69) is 35.9 Å². The predicted molar refractivity (Wildman–Crippen MR) is 156 cm³/mol. The second kappa shape index (κ2) is 13.1. The Morgan fingerprint density at radius 1 is 1.05 bits per heavy atom. The highest BCUT2D eigenvalue weighted by Crippen LogP contribution is 2.28. The molecule has 0 radical (unpaired) electrons. The molecule has 0 spiro atoms. The minimum atomic E-state index is -2.30. The zero-order valence-corrected chi connectivity index (χ0v) is 23.4. The quantitative estimate of drug-likeness (QED) is 0.243. The number of piperidine rings is 1. The smallest absolute Gasteiger partial charge is 0.254 e. The molecule has 1 fully saturated rings. The third kappa shape index (κ3) is 6.76. The van der Waals surface area contributed by atoms with E-state index in [1.807, 2.05) is 31.2 Å². The number of carbonyl (C=O) groups excluding carboxylic acids is 1. The molecule has 4 heterocycles. The number of anilines is 2. The van der Waals surface area contributed by atoms with E-state index in [0.717, 1.165) is 36.0 Å². The van der Waals surface area contributed by atoms with Crippen LogP contribution >= 0.6 is 0 Å². The molecule has 9 nitrogen and oxygen atoms in total. The Morgan fingerprint density at radius 2 is 1.86 bits per heavy atom. The number of hydrogen-bond donors (Lipinski definition) is 3. The van der Waals surface area contributed by atoms with Crippen LogP contribution in [0.2, 0.25) is 0 Å². The molecule has 1 amide bonds. The third-order valence-corrected chi connectivity index (χ3v) is 7.52. The number of aromatic nitrogens is 4. The molecule has 42 heavy (non-hydrogen) atoms. The Morgan fingerprint density at radius 3 is 2.57 bits per heavy atom. The topological polar surface area (TPSA) is 108 Å². The number of para-hydroxylation sites is 1. The summed E-state index contributed by atoms with van der Waals surface area (Å²) >= 11 is 0. The minimum absolute atomic E-state index is 0.0185. The molecule has 12 heteroatoms. The Hall–Kier alpha value is -4.32. The number of amides is 1. The lowest BCUT2D eigenvalue weighted by atomic mass is 9.96. The fraction of sp³-hybridized carbons (Fsp3) is 0.367. The average molecular weight is 579 g/mol. The van der Waals surface area contributed by atoms with Gasteiger partial charge in [0.15, 0.2) is 5.82 Å². The van der Waals surface area contributed by atoms with Gasteiger partial charge in [0.05, 0.1) is 29.5 Å². The second-order valence-electron chi connectivity index (χ2n) is 10.4. The van der Waals surface area contributed by atoms with E-state index in [4.69, 9.17) is 0 Å². The monoisotopic (exact) mass is 578 g/mol. The molecule has 5 rings (SSSR count). The van der Waals surface area contributed by atoms with Gasteiger partial charge in [0, 0.05) is 61.9 Å². The lowest BCUT2D eigenvalue weighted by Crippen LogP contribution is -2.41. The molecule has 1 aliphatic rings. The van der Waals surface area contributed by atoms with E-state index >= 15 is 0 Å². The van der Waals surface area contributed by atoms with Gasteiger partial charge in [0.25, 0.3) is 12.3 Å². The zero-order valence-electron chi connectivity index (χ0n) is 23.4. The molecule has 0 aliphatic carbocycles. The second-order valence-corrected chi connectivity index (χ2v) is 10.4. The van der Waals surface area contributed by atoms with E-state index < -0.39 is 18.1 Å². The summed E-state index contributed by atoms with van der Waals surface area (Å²) in [5, 5.41) is 9.70. The van der Waals surface area contributed by atoms with Gasteiger partial charge in [-0.1, -0.05) is 25.1 Å². The molecule has 0 unspecified atom stereocenters. The van der Waals surface area contributed by atoms with E-state index in [0.29, 0.717) is 42.0 Å². The molecule has 0 bridgehead atoms. The highest BCUT2D eigenvalue weighted by Gasteiger charge is 2.22. The SMILES string of the molecule is CNC(=O)c1c(F)cnc2c([C@H](C)CNc3cc(-c4ccc(NC5CCN(CC(F)F)CC5)nc4)ncn3)cccc12. The van der Waals surface area contributed by atoms with Crippen LogP contribution in [0.1, 0.15) is 41.6 Å². The molecule has 3 N–H and O–H groups in total. The van der Waals surface area contributed by atoms with Gasteiger partial charge in [-0.15, -0.1) is 0 Å². The molecular formula is C30H33F3N8O. The Kier molecular flexibility index (Phi) is 9.11. The Bertz CT molecular complexity index is 1530. The first-order chi connectivity index (χ1) is 20.3. The van der Waals surface area contributed by atoms with Crippen LogP contribution in [0, 0.1) is 5.82 Å². The maximum Gasteiger partial charge on any atom is 0.254 e. The van der Waals surface area contributed by atoms with Gasteiger partial charge in [-0.2, -0.15) is 0 Å². The molecule has 1 aliphatic heterocycles. The van der Waals surface area contributed by atoms with Crippen LogP contribution in [0.15, 0.2) is 55.1 Å². The summed E-state index contributed by atoms with van der Waals surface area (Å²) in [4.78, 5) is 31.7. The fourth-order valence-electron chi connectivity index (χ4n) is 5.25. The van der Waals surface area contributed by atoms with Crippen molar-refractivity contribution in [2.24, 2.45) is 0 Å². The number of hydrogen-bond acceptors (Lipinski definition) is 8.